The van der Waals surface area contributed by atoms with Gasteiger partial charge in [0.05, 0.1) is 12.9 Å². The summed E-state index contributed by atoms with van der Waals surface area (Å²) in [6.07, 6.45) is 0.160. The minimum Gasteiger partial charge on any atom is -0.476 e. The molecule has 3 fully saturated rings. The van der Waals surface area contributed by atoms with E-state index >= 15 is 8.78 Å². The molecule has 4 N–H and O–H groups in total. The van der Waals surface area contributed by atoms with Crippen molar-refractivity contribution < 1.29 is 46.5 Å². The second-order valence-electron chi connectivity index (χ2n) is 11.2. The molecule has 6 rings (SSSR count). The number of aliphatic hydroxyl groups is 1. The SMILES string of the molecule is CCOc1nc(N)nc2c1ncn2[C@@H]1O[C@]2(F)C(OP(=O)(NC(C)C(=O)OC3CCCC3)Oc3ccccc3)[C@]2(O)[C@@]1(C)F. The lowest BCUT2D eigenvalue weighted by molar-refractivity contribution is -0.156. The molecule has 1 saturated heterocycles. The number of nitrogens with two attached hydrogens (primary N) is 1. The lowest BCUT2D eigenvalue weighted by atomic mass is 9.97. The van der Waals surface area contributed by atoms with Crippen molar-refractivity contribution in [1.29, 1.82) is 0 Å². The van der Waals surface area contributed by atoms with Gasteiger partial charge in [-0.1, -0.05) is 18.2 Å². The lowest BCUT2D eigenvalue weighted by Crippen LogP contribution is -2.45. The Morgan fingerprint density at radius 3 is 2.61 bits per heavy atom. The molecule has 2 aliphatic carbocycles. The predicted octanol–water partition coefficient (Wildman–Crippen LogP) is 3.51. The van der Waals surface area contributed by atoms with Crippen LogP contribution in [0, 0.1) is 0 Å². The van der Waals surface area contributed by atoms with Crippen LogP contribution in [0.15, 0.2) is 36.7 Å². The molecule has 3 aliphatic rings. The smallest absolute Gasteiger partial charge is 0.460 e. The topological polar surface area (TPSA) is 182 Å². The molecule has 238 valence electrons. The van der Waals surface area contributed by atoms with E-state index in [4.69, 9.17) is 29.0 Å². The van der Waals surface area contributed by atoms with Gasteiger partial charge in [-0.3, -0.25) is 13.9 Å². The van der Waals surface area contributed by atoms with Gasteiger partial charge < -0.3 is 29.6 Å². The molecule has 1 aliphatic heterocycles. The Kier molecular flexibility index (Phi) is 7.56. The average Bonchev–Trinajstić information content (AvgIpc) is 3.47. The molecule has 44 heavy (non-hydrogen) atoms. The van der Waals surface area contributed by atoms with Gasteiger partial charge in [0.2, 0.25) is 11.8 Å². The molecule has 17 heteroatoms. The van der Waals surface area contributed by atoms with Crippen molar-refractivity contribution in [3.63, 3.8) is 0 Å². The summed E-state index contributed by atoms with van der Waals surface area (Å²) in [7, 11) is -4.70. The highest BCUT2D eigenvalue weighted by Crippen LogP contribution is 2.73. The molecule has 14 nitrogen and oxygen atoms in total. The van der Waals surface area contributed by atoms with Crippen molar-refractivity contribution in [3.05, 3.63) is 36.7 Å². The van der Waals surface area contributed by atoms with Crippen molar-refractivity contribution in [1.82, 2.24) is 24.6 Å². The second-order valence-corrected chi connectivity index (χ2v) is 12.8. The first-order valence-corrected chi connectivity index (χ1v) is 15.8. The fraction of sp³-hybridized carbons (Fsp3) is 0.556. The van der Waals surface area contributed by atoms with Gasteiger partial charge in [0.25, 0.3) is 5.85 Å². The Morgan fingerprint density at radius 1 is 1.27 bits per heavy atom. The van der Waals surface area contributed by atoms with Crippen LogP contribution in [0.5, 0.6) is 11.6 Å². The molecule has 0 radical (unpaired) electrons. The molecule has 3 unspecified atom stereocenters. The number of hydrogen-bond acceptors (Lipinski definition) is 12. The van der Waals surface area contributed by atoms with Crippen LogP contribution >= 0.6 is 7.75 Å². The van der Waals surface area contributed by atoms with Crippen molar-refractivity contribution in [2.24, 2.45) is 0 Å². The number of ether oxygens (including phenoxy) is 3. The monoisotopic (exact) mass is 638 g/mol. The van der Waals surface area contributed by atoms with E-state index in [1.54, 1.807) is 25.1 Å². The fourth-order valence-corrected chi connectivity index (χ4v) is 7.45. The molecule has 2 saturated carbocycles. The number of aromatic nitrogens is 4. The number of hydrogen-bond donors (Lipinski definition) is 3. The first-order chi connectivity index (χ1) is 20.8. The number of nitrogens with one attached hydrogen (secondary N) is 1. The van der Waals surface area contributed by atoms with Crippen LogP contribution < -0.4 is 20.1 Å². The van der Waals surface area contributed by atoms with Gasteiger partial charge in [0.15, 0.2) is 34.8 Å². The number of carbonyl (C=O) groups is 1. The van der Waals surface area contributed by atoms with Crippen molar-refractivity contribution in [2.45, 2.75) is 88.1 Å². The summed E-state index contributed by atoms with van der Waals surface area (Å²) in [6, 6.07) is 6.52. The van der Waals surface area contributed by atoms with Gasteiger partial charge >= 0.3 is 13.7 Å². The van der Waals surface area contributed by atoms with Gasteiger partial charge in [-0.15, -0.1) is 0 Å². The normalized spacial score (nSPS) is 31.8. The first kappa shape index (κ1) is 30.6. The molecule has 2 aromatic heterocycles. The van der Waals surface area contributed by atoms with E-state index in [0.29, 0.717) is 12.8 Å². The Labute approximate surface area is 250 Å². The van der Waals surface area contributed by atoms with Gasteiger partial charge in [0.1, 0.15) is 17.9 Å². The van der Waals surface area contributed by atoms with Crippen LogP contribution in [0.4, 0.5) is 14.7 Å². The number of nitrogens with zero attached hydrogens (tertiary/aromatic N) is 4. The third-order valence-electron chi connectivity index (χ3n) is 8.09. The summed E-state index contributed by atoms with van der Waals surface area (Å²) >= 11 is 0. The molecular weight excluding hydrogens is 605 g/mol. The summed E-state index contributed by atoms with van der Waals surface area (Å²) < 4.78 is 75.5. The van der Waals surface area contributed by atoms with Crippen LogP contribution in [0.1, 0.15) is 52.7 Å². The van der Waals surface area contributed by atoms with Crippen molar-refractivity contribution in [3.8, 4) is 11.6 Å². The van der Waals surface area contributed by atoms with E-state index in [0.717, 1.165) is 30.7 Å². The predicted molar refractivity (Wildman–Crippen MR) is 150 cm³/mol. The minimum atomic E-state index is -4.70. The van der Waals surface area contributed by atoms with Crippen LogP contribution in [0.2, 0.25) is 0 Å². The van der Waals surface area contributed by atoms with E-state index in [1.165, 1.54) is 19.1 Å². The van der Waals surface area contributed by atoms with Crippen LogP contribution in [0.25, 0.3) is 11.2 Å². The Hall–Kier alpha value is -3.43. The molecule has 1 aromatic carbocycles. The highest BCUT2D eigenvalue weighted by molar-refractivity contribution is 7.52. The molecular formula is C27H33F2N6O8P. The van der Waals surface area contributed by atoms with Crippen LogP contribution in [-0.4, -0.2) is 72.6 Å². The maximum Gasteiger partial charge on any atom is 0.460 e. The molecule has 0 bridgehead atoms. The largest absolute Gasteiger partial charge is 0.476 e. The zero-order chi connectivity index (χ0) is 31.5. The quantitative estimate of drug-likeness (QED) is 0.205. The Morgan fingerprint density at radius 2 is 1.98 bits per heavy atom. The van der Waals surface area contributed by atoms with Crippen LogP contribution in [-0.2, 0) is 23.4 Å². The van der Waals surface area contributed by atoms with E-state index in [-0.39, 0.29) is 41.5 Å². The Balaban J connectivity index is 1.26. The lowest BCUT2D eigenvalue weighted by Gasteiger charge is -2.31. The highest BCUT2D eigenvalue weighted by Gasteiger charge is 2.96. The third-order valence-corrected chi connectivity index (χ3v) is 9.73. The molecule has 7 atom stereocenters. The zero-order valence-electron chi connectivity index (χ0n) is 24.2. The number of para-hydroxylation sites is 1. The summed E-state index contributed by atoms with van der Waals surface area (Å²) in [4.78, 5) is 25.0. The standard InChI is InChI=1S/C27H33F2N6O8P/c1-4-39-20-18-19(32-24(30)33-20)35(14-31-18)23-25(3,28)26(37)22(27(26,29)41-23)43-44(38,42-17-12-6-5-7-13-17)34-15(2)21(36)40-16-10-8-9-11-16/h5-7,12-16,22-23,37H,4,8-11H2,1-3H3,(H,34,38)(H2,30,32,33)/t15?,22?,23-,25+,26+,27-,44?/m1/s1. The van der Waals surface area contributed by atoms with Crippen LogP contribution in [0.3, 0.4) is 0 Å². The number of benzene rings is 1. The molecule has 3 aromatic rings. The molecule has 0 amide bonds. The number of esters is 1. The highest BCUT2D eigenvalue weighted by atomic mass is 31.2. The van der Waals surface area contributed by atoms with Gasteiger partial charge in [-0.25, -0.2) is 18.3 Å². The molecule has 3 heterocycles. The van der Waals surface area contributed by atoms with E-state index < -0.39 is 49.2 Å². The van der Waals surface area contributed by atoms with E-state index in [1.807, 2.05) is 0 Å². The van der Waals surface area contributed by atoms with Gasteiger partial charge in [0, 0.05) is 0 Å². The maximum atomic E-state index is 16.6. The van der Waals surface area contributed by atoms with E-state index in [2.05, 4.69) is 20.0 Å². The number of halogens is 2. The number of nitrogen functional groups attached to an aromatic ring is 1. The second kappa shape index (κ2) is 10.9. The van der Waals surface area contributed by atoms with Gasteiger partial charge in [-0.05, 0) is 58.6 Å². The summed E-state index contributed by atoms with van der Waals surface area (Å²) in [5.74, 6) is -4.07. The zero-order valence-corrected chi connectivity index (χ0v) is 25.1. The summed E-state index contributed by atoms with van der Waals surface area (Å²) in [5.41, 5.74) is -0.00285. The third kappa shape index (κ3) is 4.88. The van der Waals surface area contributed by atoms with E-state index in [9.17, 15) is 14.5 Å². The van der Waals surface area contributed by atoms with Crippen molar-refractivity contribution >= 4 is 30.8 Å². The molecule has 0 spiro atoms. The number of imidazole rings is 1. The number of rotatable bonds is 11. The first-order valence-electron chi connectivity index (χ1n) is 14.2. The van der Waals surface area contributed by atoms with Crippen molar-refractivity contribution in [2.75, 3.05) is 12.3 Å². The number of fused-ring (bicyclic) bond motifs is 2. The fourth-order valence-electron chi connectivity index (χ4n) is 5.75. The maximum absolute atomic E-state index is 16.6. The number of alkyl halides is 2. The Bertz CT molecular complexity index is 1610. The number of carbonyl (C=O) groups excluding carboxylic acids is 1. The number of anilines is 1. The average molecular weight is 639 g/mol. The van der Waals surface area contributed by atoms with Gasteiger partial charge in [-0.2, -0.15) is 15.1 Å². The minimum absolute atomic E-state index is 0.0259. The summed E-state index contributed by atoms with van der Waals surface area (Å²) in [6.45, 7) is 4.21. The summed E-state index contributed by atoms with van der Waals surface area (Å²) in [5, 5.41) is 13.8.